The minimum atomic E-state index is -0.455. The molecular weight excluding hydrogens is 287 g/mol. The van der Waals surface area contributed by atoms with Crippen LogP contribution in [-0.4, -0.2) is 5.78 Å². The second-order valence-corrected chi connectivity index (χ2v) is 6.06. The minimum absolute atomic E-state index is 0.0902. The van der Waals surface area contributed by atoms with E-state index in [1.54, 1.807) is 12.1 Å². The molecule has 0 saturated heterocycles. The molecule has 1 aromatic carbocycles. The topological polar surface area (TPSA) is 17.1 Å². The lowest BCUT2D eigenvalue weighted by Gasteiger charge is -2.04. The van der Waals surface area contributed by atoms with Crippen LogP contribution in [0.5, 0.6) is 0 Å². The van der Waals surface area contributed by atoms with E-state index in [2.05, 4.69) is 6.92 Å². The van der Waals surface area contributed by atoms with Crippen LogP contribution >= 0.6 is 11.6 Å². The van der Waals surface area contributed by atoms with E-state index in [1.807, 2.05) is 0 Å². The SMILES string of the molecule is CCCCCCCCCCC(=O)Cc1cccc(Cl)c1F. The molecule has 0 spiro atoms. The highest BCUT2D eigenvalue weighted by Crippen LogP contribution is 2.19. The van der Waals surface area contributed by atoms with E-state index in [1.165, 1.54) is 44.6 Å². The molecule has 0 saturated carbocycles. The number of hydrogen-bond acceptors (Lipinski definition) is 1. The second-order valence-electron chi connectivity index (χ2n) is 5.65. The first-order valence-corrected chi connectivity index (χ1v) is 8.47. The summed E-state index contributed by atoms with van der Waals surface area (Å²) in [6, 6.07) is 4.82. The number of unbranched alkanes of at least 4 members (excludes halogenated alkanes) is 7. The lowest BCUT2D eigenvalue weighted by atomic mass is 10.0. The van der Waals surface area contributed by atoms with Gasteiger partial charge in [0.25, 0.3) is 0 Å². The third kappa shape index (κ3) is 7.61. The Morgan fingerprint density at radius 1 is 1.05 bits per heavy atom. The van der Waals surface area contributed by atoms with Gasteiger partial charge in [-0.25, -0.2) is 4.39 Å². The van der Waals surface area contributed by atoms with Crippen LogP contribution in [0.4, 0.5) is 4.39 Å². The fourth-order valence-electron chi connectivity index (χ4n) is 2.44. The number of ketones is 1. The van der Waals surface area contributed by atoms with Gasteiger partial charge in [-0.15, -0.1) is 0 Å². The maximum absolute atomic E-state index is 13.7. The second kappa shape index (κ2) is 10.8. The first kappa shape index (κ1) is 18.2. The van der Waals surface area contributed by atoms with Crippen molar-refractivity contribution in [2.75, 3.05) is 0 Å². The lowest BCUT2D eigenvalue weighted by molar-refractivity contribution is -0.118. The van der Waals surface area contributed by atoms with Crippen LogP contribution in [-0.2, 0) is 11.2 Å². The molecule has 0 N–H and O–H groups in total. The van der Waals surface area contributed by atoms with Crippen LogP contribution in [0.2, 0.25) is 5.02 Å². The van der Waals surface area contributed by atoms with Crippen LogP contribution in [0, 0.1) is 5.82 Å². The molecule has 0 atom stereocenters. The quantitative estimate of drug-likeness (QED) is 0.450. The van der Waals surface area contributed by atoms with E-state index in [4.69, 9.17) is 11.6 Å². The maximum atomic E-state index is 13.7. The zero-order valence-corrected chi connectivity index (χ0v) is 13.7. The first-order valence-electron chi connectivity index (χ1n) is 8.09. The summed E-state index contributed by atoms with van der Waals surface area (Å²) >= 11 is 5.71. The Hall–Kier alpha value is -0.890. The van der Waals surface area contributed by atoms with Crippen LogP contribution in [0.25, 0.3) is 0 Å². The summed E-state index contributed by atoms with van der Waals surface area (Å²) in [5.41, 5.74) is 0.409. The van der Waals surface area contributed by atoms with Gasteiger partial charge in [-0.05, 0) is 18.1 Å². The summed E-state index contributed by atoms with van der Waals surface area (Å²) in [6.45, 7) is 2.22. The van der Waals surface area contributed by atoms with E-state index in [-0.39, 0.29) is 17.2 Å². The predicted octanol–water partition coefficient (Wildman–Crippen LogP) is 6.12. The van der Waals surface area contributed by atoms with Gasteiger partial charge in [0.15, 0.2) is 0 Å². The van der Waals surface area contributed by atoms with Crippen molar-refractivity contribution in [3.05, 3.63) is 34.6 Å². The summed E-state index contributed by atoms with van der Waals surface area (Å²) in [4.78, 5) is 11.8. The van der Waals surface area contributed by atoms with E-state index in [0.717, 1.165) is 12.8 Å². The van der Waals surface area contributed by atoms with Gasteiger partial charge >= 0.3 is 0 Å². The zero-order chi connectivity index (χ0) is 15.5. The molecule has 1 aromatic rings. The molecule has 0 aliphatic heterocycles. The summed E-state index contributed by atoms with van der Waals surface area (Å²) in [5.74, 6) is -0.356. The molecule has 0 radical (unpaired) electrons. The number of rotatable bonds is 11. The Morgan fingerprint density at radius 2 is 1.67 bits per heavy atom. The molecule has 1 rings (SSSR count). The van der Waals surface area contributed by atoms with Crippen LogP contribution in [0.3, 0.4) is 0 Å². The third-order valence-electron chi connectivity index (χ3n) is 3.73. The summed E-state index contributed by atoms with van der Waals surface area (Å²) in [7, 11) is 0. The number of halogens is 2. The predicted molar refractivity (Wildman–Crippen MR) is 87.3 cm³/mol. The van der Waals surface area contributed by atoms with Crippen molar-refractivity contribution in [2.24, 2.45) is 0 Å². The van der Waals surface area contributed by atoms with Crippen molar-refractivity contribution in [3.8, 4) is 0 Å². The van der Waals surface area contributed by atoms with Crippen LogP contribution in [0.1, 0.15) is 70.3 Å². The molecule has 1 nitrogen and oxygen atoms in total. The van der Waals surface area contributed by atoms with Crippen molar-refractivity contribution >= 4 is 17.4 Å². The third-order valence-corrected chi connectivity index (χ3v) is 4.02. The fourth-order valence-corrected chi connectivity index (χ4v) is 2.64. The van der Waals surface area contributed by atoms with Gasteiger partial charge < -0.3 is 0 Å². The molecule has 118 valence electrons. The highest BCUT2D eigenvalue weighted by Gasteiger charge is 2.10. The Balaban J connectivity index is 2.13. The maximum Gasteiger partial charge on any atom is 0.145 e. The normalized spacial score (nSPS) is 10.8. The summed E-state index contributed by atoms with van der Waals surface area (Å²) in [6.07, 6.45) is 10.4. The van der Waals surface area contributed by atoms with E-state index in [9.17, 15) is 9.18 Å². The van der Waals surface area contributed by atoms with Gasteiger partial charge in [-0.3, -0.25) is 4.79 Å². The summed E-state index contributed by atoms with van der Waals surface area (Å²) < 4.78 is 13.7. The largest absolute Gasteiger partial charge is 0.299 e. The Bertz CT molecular complexity index is 431. The molecule has 0 amide bonds. The van der Waals surface area contributed by atoms with Gasteiger partial charge in [-0.2, -0.15) is 0 Å². The smallest absolute Gasteiger partial charge is 0.145 e. The standard InChI is InChI=1S/C18H26ClFO/c1-2-3-4-5-6-7-8-9-12-16(21)14-15-11-10-13-17(19)18(15)20/h10-11,13H,2-9,12,14H2,1H3. The lowest BCUT2D eigenvalue weighted by Crippen LogP contribution is -2.04. The van der Waals surface area contributed by atoms with Gasteiger partial charge in [0.05, 0.1) is 5.02 Å². The molecular formula is C18H26ClFO. The van der Waals surface area contributed by atoms with Crippen molar-refractivity contribution in [1.29, 1.82) is 0 Å². The molecule has 0 fully saturated rings. The van der Waals surface area contributed by atoms with E-state index in [0.29, 0.717) is 12.0 Å². The summed E-state index contributed by atoms with van der Waals surface area (Å²) in [5, 5.41) is 0.0902. The highest BCUT2D eigenvalue weighted by atomic mass is 35.5. The molecule has 0 aliphatic rings. The molecule has 0 aliphatic carbocycles. The van der Waals surface area contributed by atoms with Crippen molar-refractivity contribution < 1.29 is 9.18 Å². The van der Waals surface area contributed by atoms with Gasteiger partial charge in [-0.1, -0.05) is 75.6 Å². The Morgan fingerprint density at radius 3 is 2.33 bits per heavy atom. The molecule has 0 heterocycles. The molecule has 3 heteroatoms. The first-order chi connectivity index (χ1) is 10.1. The average Bonchev–Trinajstić information content (AvgIpc) is 2.47. The molecule has 0 aromatic heterocycles. The number of carbonyl (C=O) groups is 1. The highest BCUT2D eigenvalue weighted by molar-refractivity contribution is 6.30. The number of carbonyl (C=O) groups excluding carboxylic acids is 1. The van der Waals surface area contributed by atoms with Gasteiger partial charge in [0.1, 0.15) is 11.6 Å². The van der Waals surface area contributed by atoms with Gasteiger partial charge in [0.2, 0.25) is 0 Å². The Labute approximate surface area is 132 Å². The minimum Gasteiger partial charge on any atom is -0.299 e. The molecule has 0 bridgehead atoms. The number of benzene rings is 1. The van der Waals surface area contributed by atoms with Crippen molar-refractivity contribution in [3.63, 3.8) is 0 Å². The molecule has 0 unspecified atom stereocenters. The zero-order valence-electron chi connectivity index (χ0n) is 13.0. The monoisotopic (exact) mass is 312 g/mol. The van der Waals surface area contributed by atoms with Crippen LogP contribution in [0.15, 0.2) is 18.2 Å². The van der Waals surface area contributed by atoms with Gasteiger partial charge in [0, 0.05) is 12.8 Å². The molecule has 21 heavy (non-hydrogen) atoms. The van der Waals surface area contributed by atoms with Crippen LogP contribution < -0.4 is 0 Å². The average molecular weight is 313 g/mol. The van der Waals surface area contributed by atoms with Crippen molar-refractivity contribution in [2.45, 2.75) is 71.1 Å². The van der Waals surface area contributed by atoms with E-state index < -0.39 is 5.82 Å². The van der Waals surface area contributed by atoms with E-state index >= 15 is 0 Å². The van der Waals surface area contributed by atoms with Crippen molar-refractivity contribution in [1.82, 2.24) is 0 Å². The fraction of sp³-hybridized carbons (Fsp3) is 0.611. The Kier molecular flexibility index (Phi) is 9.32. The number of Topliss-reactive ketones (excluding diaryl/α,β-unsaturated/α-hetero) is 1. The number of hydrogen-bond donors (Lipinski definition) is 0.